The summed E-state index contributed by atoms with van der Waals surface area (Å²) >= 11 is 1.51. The Morgan fingerprint density at radius 1 is 1.38 bits per heavy atom. The van der Waals surface area contributed by atoms with E-state index in [0.29, 0.717) is 10.5 Å². The quantitative estimate of drug-likeness (QED) is 0.789. The molecule has 1 aliphatic heterocycles. The average Bonchev–Trinajstić information content (AvgIpc) is 2.92. The van der Waals surface area contributed by atoms with Gasteiger partial charge in [0.25, 0.3) is 5.56 Å². The molecule has 3 heterocycles. The Kier molecular flexibility index (Phi) is 3.97. The molecule has 1 saturated heterocycles. The summed E-state index contributed by atoms with van der Waals surface area (Å²) in [5.41, 5.74) is 6.77. The van der Waals surface area contributed by atoms with E-state index >= 15 is 0 Å². The number of fused-ring (bicyclic) bond motifs is 1. The van der Waals surface area contributed by atoms with Gasteiger partial charge < -0.3 is 20.9 Å². The molecular formula is C14H21N5OS. The fourth-order valence-corrected chi connectivity index (χ4v) is 3.50. The van der Waals surface area contributed by atoms with Crippen molar-refractivity contribution >= 4 is 26.6 Å². The molecule has 0 radical (unpaired) electrons. The molecule has 1 atom stereocenters. The molecule has 2 aromatic heterocycles. The lowest BCUT2D eigenvalue weighted by atomic mass is 10.1. The number of nitrogens with one attached hydrogen (secondary N) is 2. The molecule has 0 saturated carbocycles. The van der Waals surface area contributed by atoms with Crippen molar-refractivity contribution in [1.82, 2.24) is 15.3 Å². The van der Waals surface area contributed by atoms with Crippen molar-refractivity contribution in [3.8, 4) is 0 Å². The molecule has 4 N–H and O–H groups in total. The molecule has 1 aliphatic rings. The van der Waals surface area contributed by atoms with Crippen molar-refractivity contribution < 1.29 is 0 Å². The zero-order chi connectivity index (χ0) is 15.0. The summed E-state index contributed by atoms with van der Waals surface area (Å²) < 4.78 is 0.684. The molecule has 3 rings (SSSR count). The Balaban J connectivity index is 2.00. The van der Waals surface area contributed by atoms with Gasteiger partial charge in [-0.1, -0.05) is 13.8 Å². The van der Waals surface area contributed by atoms with Crippen molar-refractivity contribution in [1.29, 1.82) is 0 Å². The Labute approximate surface area is 127 Å². The Hall–Kier alpha value is -1.44. The number of hydrogen-bond acceptors (Lipinski definition) is 6. The van der Waals surface area contributed by atoms with Crippen LogP contribution in [0.15, 0.2) is 10.9 Å². The predicted octanol–water partition coefficient (Wildman–Crippen LogP) is 1.05. The third kappa shape index (κ3) is 2.81. The number of aromatic nitrogens is 2. The van der Waals surface area contributed by atoms with E-state index in [0.717, 1.165) is 36.7 Å². The number of hydrogen-bond donors (Lipinski definition) is 3. The third-order valence-corrected chi connectivity index (χ3v) is 5.03. The van der Waals surface area contributed by atoms with E-state index in [1.165, 1.54) is 11.3 Å². The first-order chi connectivity index (χ1) is 10.1. The second-order valence-electron chi connectivity index (χ2n) is 5.76. The van der Waals surface area contributed by atoms with Crippen molar-refractivity contribution in [3.63, 3.8) is 0 Å². The van der Waals surface area contributed by atoms with Gasteiger partial charge in [0.1, 0.15) is 10.5 Å². The van der Waals surface area contributed by atoms with Gasteiger partial charge in [-0.25, -0.2) is 4.98 Å². The fourth-order valence-electron chi connectivity index (χ4n) is 2.46. The minimum absolute atomic E-state index is 0.0857. The molecule has 0 aromatic carbocycles. The van der Waals surface area contributed by atoms with Gasteiger partial charge in [0.05, 0.1) is 16.6 Å². The third-order valence-electron chi connectivity index (χ3n) is 3.85. The van der Waals surface area contributed by atoms with Gasteiger partial charge in [-0.05, 0) is 12.0 Å². The van der Waals surface area contributed by atoms with Crippen LogP contribution in [0.25, 0.3) is 10.2 Å². The standard InChI is InChI=1S/C14H21N5OS/c1-8(2)11(15)13-17-9-7-10(19-5-3-16-4-6-19)21-12(9)14(20)18-13/h7-8,11,16H,3-6,15H2,1-2H3,(H,17,18,20). The monoisotopic (exact) mass is 307 g/mol. The summed E-state index contributed by atoms with van der Waals surface area (Å²) in [6.07, 6.45) is 0. The van der Waals surface area contributed by atoms with Gasteiger partial charge in [-0.2, -0.15) is 0 Å². The zero-order valence-electron chi connectivity index (χ0n) is 12.3. The van der Waals surface area contributed by atoms with Gasteiger partial charge in [0.2, 0.25) is 0 Å². The SMILES string of the molecule is CC(C)C(N)c1nc2cc(N3CCNCC3)sc2c(=O)[nH]1. The van der Waals surface area contributed by atoms with E-state index in [2.05, 4.69) is 20.2 Å². The maximum absolute atomic E-state index is 12.3. The number of thiophene rings is 1. The van der Waals surface area contributed by atoms with E-state index in [1.807, 2.05) is 19.9 Å². The number of anilines is 1. The molecule has 0 aliphatic carbocycles. The first-order valence-corrected chi connectivity index (χ1v) is 8.13. The van der Waals surface area contributed by atoms with Crippen LogP contribution >= 0.6 is 11.3 Å². The van der Waals surface area contributed by atoms with E-state index < -0.39 is 0 Å². The lowest BCUT2D eigenvalue weighted by Crippen LogP contribution is -2.43. The van der Waals surface area contributed by atoms with E-state index in [-0.39, 0.29) is 17.5 Å². The lowest BCUT2D eigenvalue weighted by Gasteiger charge is -2.27. The van der Waals surface area contributed by atoms with Crippen LogP contribution in [-0.2, 0) is 0 Å². The van der Waals surface area contributed by atoms with Gasteiger partial charge in [-0.3, -0.25) is 4.79 Å². The van der Waals surface area contributed by atoms with E-state index in [4.69, 9.17) is 5.73 Å². The molecule has 21 heavy (non-hydrogen) atoms. The number of nitrogens with two attached hydrogens (primary N) is 1. The second kappa shape index (κ2) is 5.75. The summed E-state index contributed by atoms with van der Waals surface area (Å²) in [5, 5.41) is 4.44. The van der Waals surface area contributed by atoms with Crippen LogP contribution in [-0.4, -0.2) is 36.1 Å². The predicted molar refractivity (Wildman–Crippen MR) is 87.1 cm³/mol. The highest BCUT2D eigenvalue weighted by Crippen LogP contribution is 2.30. The van der Waals surface area contributed by atoms with Crippen molar-refractivity contribution in [3.05, 3.63) is 22.2 Å². The molecule has 114 valence electrons. The minimum Gasteiger partial charge on any atom is -0.361 e. The Morgan fingerprint density at radius 2 is 2.10 bits per heavy atom. The first kappa shape index (κ1) is 14.5. The molecule has 1 fully saturated rings. The second-order valence-corrected chi connectivity index (χ2v) is 6.79. The largest absolute Gasteiger partial charge is 0.361 e. The topological polar surface area (TPSA) is 87.0 Å². The van der Waals surface area contributed by atoms with Gasteiger partial charge in [-0.15, -0.1) is 11.3 Å². The number of H-pyrrole nitrogens is 1. The number of rotatable bonds is 3. The lowest BCUT2D eigenvalue weighted by molar-refractivity contribution is 0.491. The zero-order valence-corrected chi connectivity index (χ0v) is 13.2. The van der Waals surface area contributed by atoms with Gasteiger partial charge in [0.15, 0.2) is 0 Å². The average molecular weight is 307 g/mol. The Bertz CT molecular complexity index is 686. The summed E-state index contributed by atoms with van der Waals surface area (Å²) in [5.74, 6) is 0.809. The summed E-state index contributed by atoms with van der Waals surface area (Å²) in [4.78, 5) is 21.9. The van der Waals surface area contributed by atoms with Crippen LogP contribution in [0.5, 0.6) is 0 Å². The van der Waals surface area contributed by atoms with Crippen LogP contribution in [0.4, 0.5) is 5.00 Å². The fraction of sp³-hybridized carbons (Fsp3) is 0.571. The number of nitrogens with zero attached hydrogens (tertiary/aromatic N) is 2. The number of piperazine rings is 1. The normalized spacial score (nSPS) is 17.6. The highest BCUT2D eigenvalue weighted by Gasteiger charge is 2.18. The Morgan fingerprint density at radius 3 is 2.76 bits per heavy atom. The molecule has 2 aromatic rings. The summed E-state index contributed by atoms with van der Waals surface area (Å²) in [6, 6.07) is 1.77. The molecule has 7 heteroatoms. The molecular weight excluding hydrogens is 286 g/mol. The van der Waals surface area contributed by atoms with Crippen LogP contribution in [0, 0.1) is 5.92 Å². The van der Waals surface area contributed by atoms with Crippen molar-refractivity contribution in [2.75, 3.05) is 31.1 Å². The molecule has 6 nitrogen and oxygen atoms in total. The summed E-state index contributed by atoms with van der Waals surface area (Å²) in [7, 11) is 0. The molecule has 0 spiro atoms. The minimum atomic E-state index is -0.246. The van der Waals surface area contributed by atoms with Crippen LogP contribution in [0.3, 0.4) is 0 Å². The highest BCUT2D eigenvalue weighted by molar-refractivity contribution is 7.22. The molecule has 1 unspecified atom stereocenters. The summed E-state index contributed by atoms with van der Waals surface area (Å²) in [6.45, 7) is 7.92. The maximum Gasteiger partial charge on any atom is 0.268 e. The number of aromatic amines is 1. The van der Waals surface area contributed by atoms with Crippen molar-refractivity contribution in [2.24, 2.45) is 11.7 Å². The smallest absolute Gasteiger partial charge is 0.268 e. The van der Waals surface area contributed by atoms with Gasteiger partial charge in [0, 0.05) is 26.2 Å². The van der Waals surface area contributed by atoms with Crippen LogP contribution in [0.1, 0.15) is 25.7 Å². The molecule has 0 bridgehead atoms. The van der Waals surface area contributed by atoms with Crippen molar-refractivity contribution in [2.45, 2.75) is 19.9 Å². The highest BCUT2D eigenvalue weighted by atomic mass is 32.1. The van der Waals surface area contributed by atoms with Crippen LogP contribution < -0.4 is 21.5 Å². The van der Waals surface area contributed by atoms with Crippen LogP contribution in [0.2, 0.25) is 0 Å². The first-order valence-electron chi connectivity index (χ1n) is 7.31. The van der Waals surface area contributed by atoms with E-state index in [1.54, 1.807) is 0 Å². The maximum atomic E-state index is 12.3. The van der Waals surface area contributed by atoms with E-state index in [9.17, 15) is 4.79 Å². The van der Waals surface area contributed by atoms with Gasteiger partial charge >= 0.3 is 0 Å². The molecule has 0 amide bonds.